The number of carbonyl (C=O) groups is 4. The third-order valence-electron chi connectivity index (χ3n) is 8.84. The van der Waals surface area contributed by atoms with E-state index in [1.54, 1.807) is 7.05 Å². The van der Waals surface area contributed by atoms with Crippen LogP contribution >= 0.6 is 0 Å². The number of rotatable bonds is 37. The van der Waals surface area contributed by atoms with Crippen LogP contribution in [0, 0.1) is 0 Å². The average molecular weight is 698 g/mol. The Bertz CT molecular complexity index is 728. The molecule has 0 heterocycles. The topological polar surface area (TPSA) is 117 Å². The number of carbonyl (C=O) groups excluding carboxylic acids is 4. The van der Waals surface area contributed by atoms with Crippen LogP contribution in [0.5, 0.6) is 0 Å². The highest BCUT2D eigenvalue weighted by Gasteiger charge is 2.13. The van der Waals surface area contributed by atoms with E-state index in [1.807, 2.05) is 0 Å². The third kappa shape index (κ3) is 35.5. The molecule has 0 aromatic heterocycles. The van der Waals surface area contributed by atoms with Crippen molar-refractivity contribution in [1.29, 1.82) is 0 Å². The quantitative estimate of drug-likeness (QED) is 0.0385. The lowest BCUT2D eigenvalue weighted by Gasteiger charge is -2.16. The molecule has 9 nitrogen and oxygen atoms in total. The number of nitrogens with one attached hydrogen (secondary N) is 1. The zero-order chi connectivity index (χ0) is 36.0. The zero-order valence-electron chi connectivity index (χ0n) is 32.0. The number of likely N-dealkylation sites (N-methyl/N-ethyl adjacent to an activating group) is 1. The molecule has 0 bridgehead atoms. The van der Waals surface area contributed by atoms with Gasteiger partial charge in [0.1, 0.15) is 13.2 Å². The van der Waals surface area contributed by atoms with Crippen molar-refractivity contribution in [3.63, 3.8) is 0 Å². The minimum atomic E-state index is -0.233. The summed E-state index contributed by atoms with van der Waals surface area (Å²) in [5.41, 5.74) is 0. The van der Waals surface area contributed by atoms with E-state index in [9.17, 15) is 19.2 Å². The van der Waals surface area contributed by atoms with Crippen LogP contribution in [-0.4, -0.2) is 63.4 Å². The number of hydrogen-bond acceptors (Lipinski definition) is 9. The largest absolute Gasteiger partial charge is 0.466 e. The van der Waals surface area contributed by atoms with Gasteiger partial charge in [-0.15, -0.1) is 0 Å². The molecule has 0 saturated carbocycles. The normalized spacial score (nSPS) is 11.1. The van der Waals surface area contributed by atoms with Gasteiger partial charge in [-0.3, -0.25) is 19.2 Å². The fourth-order valence-corrected chi connectivity index (χ4v) is 5.52. The van der Waals surface area contributed by atoms with Crippen LogP contribution in [0.4, 0.5) is 0 Å². The molecule has 0 rings (SSSR count). The van der Waals surface area contributed by atoms with Gasteiger partial charge in [0.25, 0.3) is 0 Å². The van der Waals surface area contributed by atoms with Gasteiger partial charge < -0.3 is 24.3 Å². The molecule has 0 fully saturated rings. The van der Waals surface area contributed by atoms with Gasteiger partial charge in [0.05, 0.1) is 19.3 Å². The van der Waals surface area contributed by atoms with Crippen LogP contribution in [-0.2, 0) is 38.1 Å². The molecule has 0 spiro atoms. The maximum Gasteiger partial charge on any atom is 0.305 e. The predicted molar refractivity (Wildman–Crippen MR) is 197 cm³/mol. The summed E-state index contributed by atoms with van der Waals surface area (Å²) in [7, 11) is 1.76. The van der Waals surface area contributed by atoms with Crippen LogP contribution in [0.15, 0.2) is 0 Å². The number of esters is 4. The van der Waals surface area contributed by atoms with Crippen LogP contribution in [0.25, 0.3) is 0 Å². The molecular formula is C40H75NO8. The highest BCUT2D eigenvalue weighted by atomic mass is 16.6. The summed E-state index contributed by atoms with van der Waals surface area (Å²) in [6.45, 7) is 5.85. The molecule has 0 atom stereocenters. The Balaban J connectivity index is 3.60. The zero-order valence-corrected chi connectivity index (χ0v) is 32.0. The molecule has 9 heteroatoms. The third-order valence-corrected chi connectivity index (χ3v) is 8.84. The summed E-state index contributed by atoms with van der Waals surface area (Å²) < 4.78 is 21.4. The minimum Gasteiger partial charge on any atom is -0.466 e. The Hall–Kier alpha value is -2.16. The van der Waals surface area contributed by atoms with E-state index in [-0.39, 0.29) is 43.1 Å². The summed E-state index contributed by atoms with van der Waals surface area (Å²) >= 11 is 0. The standard InChI is InChI=1S/C40H75NO8/c1-4-6-8-10-20-26-32-46-37(42)28-22-16-12-14-18-24-30-39(44)48-34-36(41-3)35-49-40(45)31-25-19-15-13-17-23-29-38(43)47-33-27-21-11-9-7-5-2/h36,41H,4-35H2,1-3H3. The summed E-state index contributed by atoms with van der Waals surface area (Å²) in [5, 5.41) is 3.05. The SMILES string of the molecule is CCCCCCCCOC(=O)CCCCCCCCC(=O)OCC(COC(=O)CCCCCCCCC(=O)OCCCCCCCC)NC. The summed E-state index contributed by atoms with van der Waals surface area (Å²) in [4.78, 5) is 48.0. The molecular weight excluding hydrogens is 622 g/mol. The predicted octanol–water partition coefficient (Wildman–Crippen LogP) is 9.71. The molecule has 0 aromatic carbocycles. The van der Waals surface area contributed by atoms with E-state index >= 15 is 0 Å². The Labute approximate surface area is 300 Å². The summed E-state index contributed by atoms with van der Waals surface area (Å²) in [6, 6.07) is -0.233. The molecule has 0 aliphatic rings. The molecule has 0 radical (unpaired) electrons. The van der Waals surface area contributed by atoms with Gasteiger partial charge in [0.15, 0.2) is 0 Å². The first kappa shape index (κ1) is 46.8. The first-order valence-electron chi connectivity index (χ1n) is 20.2. The number of hydrogen-bond donors (Lipinski definition) is 1. The van der Waals surface area contributed by atoms with Crippen molar-refractivity contribution < 1.29 is 38.1 Å². The molecule has 49 heavy (non-hydrogen) atoms. The second kappa shape index (κ2) is 37.1. The number of ether oxygens (including phenoxy) is 4. The second-order valence-electron chi connectivity index (χ2n) is 13.6. The average Bonchev–Trinajstić information content (AvgIpc) is 3.09. The molecule has 0 unspecified atom stereocenters. The lowest BCUT2D eigenvalue weighted by molar-refractivity contribution is -0.148. The van der Waals surface area contributed by atoms with Crippen molar-refractivity contribution >= 4 is 23.9 Å². The lowest BCUT2D eigenvalue weighted by Crippen LogP contribution is -2.36. The van der Waals surface area contributed by atoms with Crippen LogP contribution in [0.3, 0.4) is 0 Å². The molecule has 0 aromatic rings. The molecule has 0 aliphatic heterocycles. The van der Waals surface area contributed by atoms with Gasteiger partial charge in [-0.05, 0) is 45.6 Å². The highest BCUT2D eigenvalue weighted by Crippen LogP contribution is 2.12. The fourth-order valence-electron chi connectivity index (χ4n) is 5.52. The minimum absolute atomic E-state index is 0.0839. The van der Waals surface area contributed by atoms with Crippen molar-refractivity contribution in [2.45, 2.75) is 200 Å². The first-order valence-corrected chi connectivity index (χ1v) is 20.2. The van der Waals surface area contributed by atoms with Gasteiger partial charge in [0, 0.05) is 25.7 Å². The van der Waals surface area contributed by atoms with Crippen molar-refractivity contribution in [2.24, 2.45) is 0 Å². The van der Waals surface area contributed by atoms with E-state index in [0.29, 0.717) is 38.9 Å². The van der Waals surface area contributed by atoms with Gasteiger partial charge in [-0.1, -0.05) is 129 Å². The first-order chi connectivity index (χ1) is 23.9. The van der Waals surface area contributed by atoms with E-state index in [1.165, 1.54) is 51.4 Å². The second-order valence-corrected chi connectivity index (χ2v) is 13.6. The Morgan fingerprint density at radius 2 is 0.653 bits per heavy atom. The maximum absolute atomic E-state index is 12.1. The Kier molecular flexibility index (Phi) is 35.5. The van der Waals surface area contributed by atoms with Crippen LogP contribution < -0.4 is 5.32 Å². The molecule has 288 valence electrons. The smallest absolute Gasteiger partial charge is 0.305 e. The van der Waals surface area contributed by atoms with Crippen molar-refractivity contribution in [1.82, 2.24) is 5.32 Å². The highest BCUT2D eigenvalue weighted by molar-refractivity contribution is 5.70. The lowest BCUT2D eigenvalue weighted by atomic mass is 10.1. The Morgan fingerprint density at radius 3 is 0.959 bits per heavy atom. The van der Waals surface area contributed by atoms with Crippen molar-refractivity contribution in [3.05, 3.63) is 0 Å². The monoisotopic (exact) mass is 698 g/mol. The fraction of sp³-hybridized carbons (Fsp3) is 0.900. The molecule has 0 amide bonds. The molecule has 1 N–H and O–H groups in total. The van der Waals surface area contributed by atoms with Gasteiger partial charge >= 0.3 is 23.9 Å². The summed E-state index contributed by atoms with van der Waals surface area (Å²) in [6.07, 6.45) is 27.3. The van der Waals surface area contributed by atoms with E-state index in [0.717, 1.165) is 103 Å². The maximum atomic E-state index is 12.1. The molecule has 0 saturated heterocycles. The van der Waals surface area contributed by atoms with Crippen LogP contribution in [0.2, 0.25) is 0 Å². The Morgan fingerprint density at radius 1 is 0.388 bits per heavy atom. The van der Waals surface area contributed by atoms with Gasteiger partial charge in [-0.25, -0.2) is 0 Å². The van der Waals surface area contributed by atoms with Crippen molar-refractivity contribution in [3.8, 4) is 0 Å². The van der Waals surface area contributed by atoms with Crippen molar-refractivity contribution in [2.75, 3.05) is 33.5 Å². The summed E-state index contributed by atoms with van der Waals surface area (Å²) in [5.74, 6) is -0.631. The van der Waals surface area contributed by atoms with E-state index < -0.39 is 0 Å². The molecule has 0 aliphatic carbocycles. The van der Waals surface area contributed by atoms with Gasteiger partial charge in [0.2, 0.25) is 0 Å². The van der Waals surface area contributed by atoms with E-state index in [2.05, 4.69) is 19.2 Å². The van der Waals surface area contributed by atoms with Gasteiger partial charge in [-0.2, -0.15) is 0 Å². The van der Waals surface area contributed by atoms with Crippen LogP contribution in [0.1, 0.15) is 194 Å². The number of unbranched alkanes of at least 4 members (excludes halogenated alkanes) is 20. The van der Waals surface area contributed by atoms with E-state index in [4.69, 9.17) is 18.9 Å².